The monoisotopic (exact) mass is 398 g/mol. The van der Waals surface area contributed by atoms with Crippen LogP contribution in [0.25, 0.3) is 46.4 Å². The molecule has 4 nitrogen and oxygen atoms in total. The Balaban J connectivity index is 1.80. The van der Waals surface area contributed by atoms with Crippen molar-refractivity contribution < 1.29 is 0 Å². The maximum Gasteiger partial charge on any atom is 0.0794 e. The van der Waals surface area contributed by atoms with Gasteiger partial charge in [-0.1, -0.05) is 13.8 Å². The van der Waals surface area contributed by atoms with Gasteiger partial charge in [-0.25, -0.2) is 9.97 Å². The summed E-state index contributed by atoms with van der Waals surface area (Å²) in [4.78, 5) is 17.8. The molecule has 144 valence electrons. The summed E-state index contributed by atoms with van der Waals surface area (Å²) in [5, 5.41) is 0. The number of fused-ring (bicyclic) bond motifs is 8. The van der Waals surface area contributed by atoms with Crippen molar-refractivity contribution in [1.29, 1.82) is 0 Å². The predicted molar refractivity (Wildman–Crippen MR) is 124 cm³/mol. The summed E-state index contributed by atoms with van der Waals surface area (Å²) in [6.07, 6.45) is 8.23. The lowest BCUT2D eigenvalue weighted by Crippen LogP contribution is -1.92. The Morgan fingerprint density at radius 2 is 1.41 bits per heavy atom. The van der Waals surface area contributed by atoms with Crippen molar-refractivity contribution >= 4 is 58.1 Å². The lowest BCUT2D eigenvalue weighted by molar-refractivity contribution is 0.750. The molecule has 0 spiro atoms. The zero-order valence-electron chi connectivity index (χ0n) is 16.4. The number of nitrogens with one attached hydrogen (secondary N) is 2. The van der Waals surface area contributed by atoms with E-state index in [0.29, 0.717) is 5.92 Å². The molecule has 5 heterocycles. The van der Waals surface area contributed by atoms with E-state index >= 15 is 0 Å². The van der Waals surface area contributed by atoms with Crippen LogP contribution in [0.2, 0.25) is 0 Å². The van der Waals surface area contributed by atoms with Crippen molar-refractivity contribution in [3.8, 4) is 0 Å². The maximum atomic E-state index is 4.88. The Labute approximate surface area is 173 Å². The van der Waals surface area contributed by atoms with E-state index in [1.807, 2.05) is 30.0 Å². The first-order valence-corrected chi connectivity index (χ1v) is 10.8. The van der Waals surface area contributed by atoms with Crippen LogP contribution in [0.3, 0.4) is 0 Å². The fourth-order valence-electron chi connectivity index (χ4n) is 3.38. The van der Waals surface area contributed by atoms with E-state index in [4.69, 9.17) is 9.97 Å². The first-order valence-electron chi connectivity index (χ1n) is 9.82. The number of aromatic amines is 2. The molecular weight excluding hydrogens is 376 g/mol. The Morgan fingerprint density at radius 1 is 0.759 bits per heavy atom. The number of H-pyrrole nitrogens is 2. The third-order valence-electron chi connectivity index (χ3n) is 4.73. The van der Waals surface area contributed by atoms with Gasteiger partial charge in [0.15, 0.2) is 0 Å². The Kier molecular flexibility index (Phi) is 4.60. The molecule has 0 amide bonds. The standard InChI is InChI=1S/C24H22N4S/c1-15(2)14-29-24-22-9-7-20(27-22)12-18-5-3-16(25-18)11-17-4-6-19(26-17)13-21-8-10-23(24)28-21/h3-13,15,25,27H,14H2,1-2H3. The average Bonchev–Trinajstić information content (AvgIpc) is 3.46. The molecule has 0 saturated carbocycles. The molecule has 5 heteroatoms. The normalized spacial score (nSPS) is 12.8. The molecule has 2 aliphatic heterocycles. The highest BCUT2D eigenvalue weighted by Gasteiger charge is 2.10. The Morgan fingerprint density at radius 3 is 2.24 bits per heavy atom. The van der Waals surface area contributed by atoms with Crippen LogP contribution in [-0.4, -0.2) is 25.7 Å². The summed E-state index contributed by atoms with van der Waals surface area (Å²) in [5.74, 6) is 1.65. The van der Waals surface area contributed by atoms with Gasteiger partial charge >= 0.3 is 0 Å². The fraction of sp³-hybridized carbons (Fsp3) is 0.167. The van der Waals surface area contributed by atoms with E-state index in [-0.39, 0.29) is 0 Å². The Hall–Kier alpha value is -3.05. The van der Waals surface area contributed by atoms with Crippen LogP contribution < -0.4 is 0 Å². The van der Waals surface area contributed by atoms with Crippen LogP contribution in [-0.2, 0) is 0 Å². The second kappa shape index (κ2) is 7.41. The van der Waals surface area contributed by atoms with Crippen LogP contribution in [0.5, 0.6) is 0 Å². The van der Waals surface area contributed by atoms with Gasteiger partial charge in [0.25, 0.3) is 0 Å². The summed E-state index contributed by atoms with van der Waals surface area (Å²) in [7, 11) is 0. The smallest absolute Gasteiger partial charge is 0.0794 e. The minimum Gasteiger partial charge on any atom is -0.355 e. The summed E-state index contributed by atoms with van der Waals surface area (Å²) in [5.41, 5.74) is 8.05. The largest absolute Gasteiger partial charge is 0.355 e. The van der Waals surface area contributed by atoms with Gasteiger partial charge in [-0.2, -0.15) is 0 Å². The van der Waals surface area contributed by atoms with E-state index in [1.54, 1.807) is 0 Å². The van der Waals surface area contributed by atoms with E-state index in [1.165, 1.54) is 4.90 Å². The highest BCUT2D eigenvalue weighted by molar-refractivity contribution is 7.99. The van der Waals surface area contributed by atoms with Crippen molar-refractivity contribution in [3.63, 3.8) is 0 Å². The highest BCUT2D eigenvalue weighted by Crippen LogP contribution is 2.30. The van der Waals surface area contributed by atoms with E-state index in [9.17, 15) is 0 Å². The van der Waals surface area contributed by atoms with Gasteiger partial charge in [0.1, 0.15) is 0 Å². The molecule has 2 N–H and O–H groups in total. The van der Waals surface area contributed by atoms with Gasteiger partial charge in [0, 0.05) is 22.3 Å². The van der Waals surface area contributed by atoms with Crippen LogP contribution >= 0.6 is 11.8 Å². The number of hydrogen-bond donors (Lipinski definition) is 2. The molecule has 3 aromatic heterocycles. The highest BCUT2D eigenvalue weighted by atomic mass is 32.2. The molecule has 8 bridgehead atoms. The quantitative estimate of drug-likeness (QED) is 0.346. The summed E-state index contributed by atoms with van der Waals surface area (Å²) >= 11 is 1.86. The topological polar surface area (TPSA) is 57.4 Å². The van der Waals surface area contributed by atoms with Crippen LogP contribution in [0.15, 0.2) is 47.4 Å². The van der Waals surface area contributed by atoms with Gasteiger partial charge in [-0.15, -0.1) is 11.8 Å². The molecule has 5 rings (SSSR count). The van der Waals surface area contributed by atoms with Gasteiger partial charge in [-0.3, -0.25) is 0 Å². The molecule has 0 unspecified atom stereocenters. The summed E-state index contributed by atoms with van der Waals surface area (Å²) < 4.78 is 0. The van der Waals surface area contributed by atoms with Crippen molar-refractivity contribution in [2.75, 3.05) is 5.75 Å². The minimum absolute atomic E-state index is 0.607. The summed E-state index contributed by atoms with van der Waals surface area (Å²) in [6.45, 7) is 4.49. The minimum atomic E-state index is 0.607. The molecule has 0 atom stereocenters. The number of rotatable bonds is 3. The molecule has 0 radical (unpaired) electrons. The third-order valence-corrected chi connectivity index (χ3v) is 6.28. The Bertz CT molecular complexity index is 1290. The SMILES string of the molecule is CC(C)CSc1c2nc(cc3nc(cc4ccc(cc5ccc1[nH]5)[nH]4)C=C3)C=C2. The van der Waals surface area contributed by atoms with Crippen molar-refractivity contribution in [2.45, 2.75) is 18.7 Å². The van der Waals surface area contributed by atoms with Gasteiger partial charge in [0.2, 0.25) is 0 Å². The van der Waals surface area contributed by atoms with Gasteiger partial charge < -0.3 is 9.97 Å². The molecule has 0 aliphatic carbocycles. The maximum absolute atomic E-state index is 4.88. The molecule has 0 aromatic carbocycles. The first kappa shape index (κ1) is 18.0. The summed E-state index contributed by atoms with van der Waals surface area (Å²) in [6, 6.07) is 14.6. The number of thioether (sulfide) groups is 1. The zero-order chi connectivity index (χ0) is 19.8. The lowest BCUT2D eigenvalue weighted by atomic mass is 10.3. The molecular formula is C24H22N4S. The molecule has 2 aliphatic rings. The average molecular weight is 399 g/mol. The van der Waals surface area contributed by atoms with E-state index in [2.05, 4.69) is 72.4 Å². The number of hydrogen-bond acceptors (Lipinski definition) is 3. The van der Waals surface area contributed by atoms with Gasteiger partial charge in [0.05, 0.1) is 33.2 Å². The zero-order valence-corrected chi connectivity index (χ0v) is 17.3. The van der Waals surface area contributed by atoms with Crippen LogP contribution in [0, 0.1) is 5.92 Å². The van der Waals surface area contributed by atoms with Gasteiger partial charge in [-0.05, 0) is 72.7 Å². The second-order valence-electron chi connectivity index (χ2n) is 7.71. The van der Waals surface area contributed by atoms with Crippen molar-refractivity contribution in [3.05, 3.63) is 65.2 Å². The van der Waals surface area contributed by atoms with Crippen LogP contribution in [0.1, 0.15) is 36.6 Å². The fourth-order valence-corrected chi connectivity index (χ4v) is 4.42. The van der Waals surface area contributed by atoms with E-state index < -0.39 is 0 Å². The number of aromatic nitrogens is 4. The van der Waals surface area contributed by atoms with Crippen molar-refractivity contribution in [1.82, 2.24) is 19.9 Å². The molecule has 3 aromatic rings. The molecule has 0 fully saturated rings. The molecule has 29 heavy (non-hydrogen) atoms. The molecule has 0 saturated heterocycles. The predicted octanol–water partition coefficient (Wildman–Crippen LogP) is 6.40. The van der Waals surface area contributed by atoms with E-state index in [0.717, 1.165) is 50.6 Å². The second-order valence-corrected chi connectivity index (χ2v) is 8.74. The number of nitrogens with zero attached hydrogens (tertiary/aromatic N) is 2. The van der Waals surface area contributed by atoms with Crippen LogP contribution in [0.4, 0.5) is 0 Å². The lowest BCUT2D eigenvalue weighted by Gasteiger charge is -2.05. The third kappa shape index (κ3) is 3.91. The van der Waals surface area contributed by atoms with Crippen molar-refractivity contribution in [2.24, 2.45) is 5.92 Å². The first-order chi connectivity index (χ1) is 14.1.